The van der Waals surface area contributed by atoms with Crippen LogP contribution in [0.3, 0.4) is 0 Å². The second-order valence-corrected chi connectivity index (χ2v) is 8.12. The molecule has 2 aliphatic rings. The quantitative estimate of drug-likeness (QED) is 0.568. The van der Waals surface area contributed by atoms with Crippen molar-refractivity contribution in [3.05, 3.63) is 59.0 Å². The van der Waals surface area contributed by atoms with Crippen molar-refractivity contribution in [1.82, 2.24) is 4.90 Å². The van der Waals surface area contributed by atoms with Gasteiger partial charge in [0.15, 0.2) is 12.4 Å². The first-order valence-corrected chi connectivity index (χ1v) is 10.3. The molecule has 1 fully saturated rings. The summed E-state index contributed by atoms with van der Waals surface area (Å²) in [7, 11) is 0. The highest BCUT2D eigenvalue weighted by Gasteiger charge is 2.43. The summed E-state index contributed by atoms with van der Waals surface area (Å²) in [5.74, 6) is -0.0171. The van der Waals surface area contributed by atoms with E-state index in [4.69, 9.17) is 9.15 Å². The van der Waals surface area contributed by atoms with E-state index in [2.05, 4.69) is 0 Å². The Morgan fingerprint density at radius 1 is 1.21 bits per heavy atom. The molecule has 2 heterocycles. The predicted octanol–water partition coefficient (Wildman–Crippen LogP) is 3.16. The number of ketones is 1. The molecule has 1 aliphatic carbocycles. The fraction of sp³-hybridized carbons (Fsp3) is 0.381. The Morgan fingerprint density at radius 3 is 2.79 bits per heavy atom. The van der Waals surface area contributed by atoms with Gasteiger partial charge in [-0.25, -0.2) is 4.79 Å². The minimum Gasteiger partial charge on any atom is -0.466 e. The average Bonchev–Trinajstić information content (AvgIpc) is 3.44. The van der Waals surface area contributed by atoms with Crippen molar-refractivity contribution in [2.75, 3.05) is 12.4 Å². The molecular formula is C21H21NO5S. The molecule has 0 unspecified atom stereocenters. The van der Waals surface area contributed by atoms with Crippen LogP contribution in [0.4, 0.5) is 0 Å². The first kappa shape index (κ1) is 18.8. The zero-order chi connectivity index (χ0) is 19.7. The summed E-state index contributed by atoms with van der Waals surface area (Å²) < 4.78 is 10.7. The van der Waals surface area contributed by atoms with Crippen LogP contribution in [-0.2, 0) is 27.2 Å². The number of Topliss-reactive ketones (excluding diaryl/α,β-unsaturated/α-hetero) is 1. The van der Waals surface area contributed by atoms with E-state index in [1.165, 1.54) is 41.0 Å². The highest BCUT2D eigenvalue weighted by atomic mass is 32.2. The molecular weight excluding hydrogens is 378 g/mol. The molecule has 0 saturated carbocycles. The topological polar surface area (TPSA) is 76.8 Å². The average molecular weight is 399 g/mol. The van der Waals surface area contributed by atoms with Crippen LogP contribution < -0.4 is 0 Å². The second kappa shape index (κ2) is 7.83. The summed E-state index contributed by atoms with van der Waals surface area (Å²) in [6, 6.07) is 8.47. The van der Waals surface area contributed by atoms with Crippen LogP contribution >= 0.6 is 11.8 Å². The third kappa shape index (κ3) is 3.58. The standard InChI is InChI=1S/C21H21NO5S/c1-13(23)22-17(12-28-20(22)19-6-3-9-26-19)21(25)27-11-18(24)16-8-7-14-4-2-5-15(14)10-16/h3,6-10,17,20H,2,4-5,11-12H2,1H3/t17-,20+/m0/s1. The second-order valence-electron chi connectivity index (χ2n) is 7.01. The molecule has 0 spiro atoms. The summed E-state index contributed by atoms with van der Waals surface area (Å²) in [6.07, 6.45) is 4.68. The number of fused-ring (bicyclic) bond motifs is 1. The van der Waals surface area contributed by atoms with Crippen molar-refractivity contribution in [2.24, 2.45) is 0 Å². The van der Waals surface area contributed by atoms with Crippen molar-refractivity contribution in [1.29, 1.82) is 0 Å². The number of thioether (sulfide) groups is 1. The molecule has 1 aliphatic heterocycles. The molecule has 4 rings (SSSR count). The van der Waals surface area contributed by atoms with Crippen LogP contribution in [0, 0.1) is 0 Å². The Kier molecular flexibility index (Phi) is 5.26. The van der Waals surface area contributed by atoms with Gasteiger partial charge < -0.3 is 14.1 Å². The number of carbonyl (C=O) groups excluding carboxylic acids is 3. The van der Waals surface area contributed by atoms with E-state index in [0.717, 1.165) is 19.3 Å². The fourth-order valence-corrected chi connectivity index (χ4v) is 5.20. The van der Waals surface area contributed by atoms with Crippen molar-refractivity contribution in [2.45, 2.75) is 37.6 Å². The first-order valence-electron chi connectivity index (χ1n) is 9.30. The minimum absolute atomic E-state index is 0.231. The fourth-order valence-electron chi connectivity index (χ4n) is 3.78. The third-order valence-corrected chi connectivity index (χ3v) is 6.47. The molecule has 1 saturated heterocycles. The van der Waals surface area contributed by atoms with Crippen molar-refractivity contribution in [3.63, 3.8) is 0 Å². The van der Waals surface area contributed by atoms with Crippen LogP contribution in [0.5, 0.6) is 0 Å². The molecule has 28 heavy (non-hydrogen) atoms. The highest BCUT2D eigenvalue weighted by molar-refractivity contribution is 7.99. The largest absolute Gasteiger partial charge is 0.466 e. The van der Waals surface area contributed by atoms with Crippen molar-refractivity contribution in [3.8, 4) is 0 Å². The minimum atomic E-state index is -0.731. The zero-order valence-electron chi connectivity index (χ0n) is 15.6. The summed E-state index contributed by atoms with van der Waals surface area (Å²) in [5.41, 5.74) is 3.05. The van der Waals surface area contributed by atoms with E-state index in [9.17, 15) is 14.4 Å². The van der Waals surface area contributed by atoms with E-state index in [1.54, 1.807) is 18.2 Å². The van der Waals surface area contributed by atoms with Crippen LogP contribution in [0.25, 0.3) is 0 Å². The van der Waals surface area contributed by atoms with Gasteiger partial charge in [-0.05, 0) is 48.6 Å². The number of nitrogens with zero attached hydrogens (tertiary/aromatic N) is 1. The molecule has 0 N–H and O–H groups in total. The van der Waals surface area contributed by atoms with Gasteiger partial charge in [-0.15, -0.1) is 11.8 Å². The number of hydrogen-bond donors (Lipinski definition) is 0. The van der Waals surface area contributed by atoms with Crippen LogP contribution in [0.2, 0.25) is 0 Å². The molecule has 1 aromatic carbocycles. The number of aryl methyl sites for hydroxylation is 2. The maximum absolute atomic E-state index is 12.6. The van der Waals surface area contributed by atoms with Crippen LogP contribution in [0.1, 0.15) is 46.0 Å². The monoisotopic (exact) mass is 399 g/mol. The van der Waals surface area contributed by atoms with Gasteiger partial charge in [0.25, 0.3) is 0 Å². The Bertz CT molecular complexity index is 908. The first-order chi connectivity index (χ1) is 13.5. The number of benzene rings is 1. The molecule has 0 bridgehead atoms. The number of carbonyl (C=O) groups is 3. The van der Waals surface area contributed by atoms with Gasteiger partial charge in [0, 0.05) is 18.2 Å². The highest BCUT2D eigenvalue weighted by Crippen LogP contribution is 2.41. The molecule has 2 atom stereocenters. The van der Waals surface area contributed by atoms with Crippen molar-refractivity contribution >= 4 is 29.4 Å². The lowest BCUT2D eigenvalue weighted by Crippen LogP contribution is -2.43. The van der Waals surface area contributed by atoms with Crippen LogP contribution in [-0.4, -0.2) is 41.0 Å². The Balaban J connectivity index is 1.40. The van der Waals surface area contributed by atoms with E-state index < -0.39 is 12.0 Å². The number of esters is 1. The Morgan fingerprint density at radius 2 is 2.04 bits per heavy atom. The maximum Gasteiger partial charge on any atom is 0.330 e. The lowest BCUT2D eigenvalue weighted by atomic mass is 10.0. The summed E-state index contributed by atoms with van der Waals surface area (Å²) in [4.78, 5) is 38.6. The van der Waals surface area contributed by atoms with Gasteiger partial charge in [-0.2, -0.15) is 0 Å². The van der Waals surface area contributed by atoms with Gasteiger partial charge in [0.1, 0.15) is 17.2 Å². The Labute approximate surface area is 167 Å². The lowest BCUT2D eigenvalue weighted by molar-refractivity contribution is -0.152. The van der Waals surface area contributed by atoms with Gasteiger partial charge in [0.2, 0.25) is 5.91 Å². The molecule has 0 radical (unpaired) electrons. The number of ether oxygens (including phenoxy) is 1. The SMILES string of the molecule is CC(=O)N1[C@@H](c2ccco2)SC[C@H]1C(=O)OCC(=O)c1ccc2c(c1)CCC2. The number of hydrogen-bond acceptors (Lipinski definition) is 6. The number of furan rings is 1. The van der Waals surface area contributed by atoms with E-state index in [-0.39, 0.29) is 23.7 Å². The number of rotatable bonds is 5. The van der Waals surface area contributed by atoms with E-state index >= 15 is 0 Å². The van der Waals surface area contributed by atoms with E-state index in [0.29, 0.717) is 17.1 Å². The molecule has 2 aromatic rings. The Hall–Kier alpha value is -2.54. The third-order valence-electron chi connectivity index (χ3n) is 5.19. The van der Waals surface area contributed by atoms with Gasteiger partial charge in [-0.3, -0.25) is 9.59 Å². The smallest absolute Gasteiger partial charge is 0.330 e. The molecule has 7 heteroatoms. The van der Waals surface area contributed by atoms with Crippen LogP contribution in [0.15, 0.2) is 41.0 Å². The lowest BCUT2D eigenvalue weighted by Gasteiger charge is -2.25. The summed E-state index contributed by atoms with van der Waals surface area (Å²) in [6.45, 7) is 1.09. The normalized spacial score (nSPS) is 20.8. The van der Waals surface area contributed by atoms with Gasteiger partial charge in [-0.1, -0.05) is 12.1 Å². The zero-order valence-corrected chi connectivity index (χ0v) is 16.4. The van der Waals surface area contributed by atoms with Crippen molar-refractivity contribution < 1.29 is 23.5 Å². The predicted molar refractivity (Wildman–Crippen MR) is 104 cm³/mol. The molecule has 1 amide bonds. The maximum atomic E-state index is 12.6. The molecule has 1 aromatic heterocycles. The van der Waals surface area contributed by atoms with Gasteiger partial charge in [0.05, 0.1) is 6.26 Å². The molecule has 146 valence electrons. The van der Waals surface area contributed by atoms with E-state index in [1.807, 2.05) is 12.1 Å². The number of amides is 1. The summed E-state index contributed by atoms with van der Waals surface area (Å²) in [5, 5.41) is -0.363. The molecule has 6 nitrogen and oxygen atoms in total. The summed E-state index contributed by atoms with van der Waals surface area (Å²) >= 11 is 1.44. The van der Waals surface area contributed by atoms with Gasteiger partial charge >= 0.3 is 5.97 Å².